The molecule has 0 bridgehead atoms. The summed E-state index contributed by atoms with van der Waals surface area (Å²) in [6.07, 6.45) is 2.48. The number of carbonyl (C=O) groups excluding carboxylic acids is 1. The molecule has 2 aromatic carbocycles. The topological polar surface area (TPSA) is 75.0 Å². The van der Waals surface area contributed by atoms with Gasteiger partial charge < -0.3 is 4.74 Å². The van der Waals surface area contributed by atoms with Crippen molar-refractivity contribution < 1.29 is 9.53 Å². The predicted octanol–water partition coefficient (Wildman–Crippen LogP) is 6.22. The Morgan fingerprint density at radius 3 is 2.57 bits per heavy atom. The molecule has 3 aromatic rings. The minimum Gasteiger partial charge on any atom is -0.494 e. The van der Waals surface area contributed by atoms with E-state index in [9.17, 15) is 10.1 Å². The van der Waals surface area contributed by atoms with Gasteiger partial charge in [-0.1, -0.05) is 47.1 Å². The number of carbonyl (C=O) groups is 1. The third-order valence-electron chi connectivity index (χ3n) is 4.16. The largest absolute Gasteiger partial charge is 0.494 e. The van der Waals surface area contributed by atoms with E-state index in [4.69, 9.17) is 4.74 Å². The van der Waals surface area contributed by atoms with Crippen molar-refractivity contribution in [2.24, 2.45) is 0 Å². The lowest BCUT2D eigenvalue weighted by Gasteiger charge is -2.04. The summed E-state index contributed by atoms with van der Waals surface area (Å²) in [4.78, 5) is 18.1. The number of ether oxygens (including phenoxy) is 1. The molecule has 1 amide bonds. The summed E-state index contributed by atoms with van der Waals surface area (Å²) in [6, 6.07) is 17.1. The van der Waals surface area contributed by atoms with Crippen molar-refractivity contribution in [3.8, 4) is 23.1 Å². The molecule has 152 valence electrons. The Morgan fingerprint density at radius 1 is 1.23 bits per heavy atom. The molecule has 0 radical (unpaired) electrons. The first-order valence-electron chi connectivity index (χ1n) is 9.39. The van der Waals surface area contributed by atoms with Crippen molar-refractivity contribution >= 4 is 44.4 Å². The first kappa shape index (κ1) is 21.8. The number of benzene rings is 2. The number of halogens is 1. The third kappa shape index (κ3) is 5.56. The third-order valence-corrected chi connectivity index (χ3v) is 5.58. The van der Waals surface area contributed by atoms with E-state index < -0.39 is 5.91 Å². The van der Waals surface area contributed by atoms with Gasteiger partial charge in [-0.2, -0.15) is 5.26 Å². The molecule has 5 nitrogen and oxygen atoms in total. The van der Waals surface area contributed by atoms with Gasteiger partial charge >= 0.3 is 0 Å². The Kier molecular flexibility index (Phi) is 7.39. The van der Waals surface area contributed by atoms with Gasteiger partial charge in [0.25, 0.3) is 5.91 Å². The molecule has 0 unspecified atom stereocenters. The molecule has 0 aliphatic rings. The van der Waals surface area contributed by atoms with Crippen LogP contribution >= 0.6 is 27.3 Å². The normalized spacial score (nSPS) is 11.1. The number of nitrogens with one attached hydrogen (secondary N) is 1. The highest BCUT2D eigenvalue weighted by atomic mass is 79.9. The van der Waals surface area contributed by atoms with E-state index in [0.29, 0.717) is 11.7 Å². The minimum absolute atomic E-state index is 0.00951. The molecule has 0 saturated heterocycles. The van der Waals surface area contributed by atoms with Crippen molar-refractivity contribution in [1.29, 1.82) is 5.26 Å². The zero-order valence-electron chi connectivity index (χ0n) is 16.6. The molecule has 0 aliphatic carbocycles. The van der Waals surface area contributed by atoms with Crippen LogP contribution in [0.1, 0.15) is 23.8 Å². The van der Waals surface area contributed by atoms with Crippen LogP contribution < -0.4 is 10.1 Å². The number of amides is 1. The standard InChI is InChI=1S/C23H20BrN3O2S/c1-3-12-29-20-10-4-16(5-11-20)13-18(14-25)22(28)27-23-26-21(15(2)30-23)17-6-8-19(24)9-7-17/h4-11,13H,3,12H2,1-2H3,(H,26,27,28)/b18-13+. The maximum atomic E-state index is 12.6. The average Bonchev–Trinajstić information content (AvgIpc) is 3.11. The van der Waals surface area contributed by atoms with Gasteiger partial charge in [0.2, 0.25) is 0 Å². The molecule has 1 heterocycles. The predicted molar refractivity (Wildman–Crippen MR) is 124 cm³/mol. The summed E-state index contributed by atoms with van der Waals surface area (Å²) >= 11 is 4.80. The van der Waals surface area contributed by atoms with E-state index in [1.165, 1.54) is 11.3 Å². The number of nitrogens with zero attached hydrogens (tertiary/aromatic N) is 2. The van der Waals surface area contributed by atoms with Crippen LogP contribution in [0.3, 0.4) is 0 Å². The summed E-state index contributed by atoms with van der Waals surface area (Å²) in [6.45, 7) is 4.64. The number of hydrogen-bond donors (Lipinski definition) is 1. The number of aryl methyl sites for hydroxylation is 1. The number of nitriles is 1. The van der Waals surface area contributed by atoms with Crippen molar-refractivity contribution in [2.45, 2.75) is 20.3 Å². The molecule has 0 fully saturated rings. The van der Waals surface area contributed by atoms with Gasteiger partial charge in [-0.15, -0.1) is 11.3 Å². The van der Waals surface area contributed by atoms with Crippen molar-refractivity contribution in [2.75, 3.05) is 11.9 Å². The highest BCUT2D eigenvalue weighted by Crippen LogP contribution is 2.31. The Balaban J connectivity index is 1.74. The highest BCUT2D eigenvalue weighted by Gasteiger charge is 2.15. The second-order valence-corrected chi connectivity index (χ2v) is 8.59. The quantitative estimate of drug-likeness (QED) is 0.321. The lowest BCUT2D eigenvalue weighted by molar-refractivity contribution is -0.112. The van der Waals surface area contributed by atoms with Crippen LogP contribution in [0, 0.1) is 18.3 Å². The molecule has 0 spiro atoms. The zero-order valence-corrected chi connectivity index (χ0v) is 19.0. The molecule has 7 heteroatoms. The first-order valence-corrected chi connectivity index (χ1v) is 11.0. The minimum atomic E-state index is -0.486. The van der Waals surface area contributed by atoms with Gasteiger partial charge in [-0.05, 0) is 49.2 Å². The molecular formula is C23H20BrN3O2S. The van der Waals surface area contributed by atoms with Crippen molar-refractivity contribution in [3.05, 3.63) is 69.0 Å². The van der Waals surface area contributed by atoms with E-state index in [1.54, 1.807) is 6.08 Å². The van der Waals surface area contributed by atoms with E-state index in [-0.39, 0.29) is 5.57 Å². The summed E-state index contributed by atoms with van der Waals surface area (Å²) < 4.78 is 6.54. The van der Waals surface area contributed by atoms with Gasteiger partial charge in [0.1, 0.15) is 17.4 Å². The molecule has 0 atom stereocenters. The van der Waals surface area contributed by atoms with Gasteiger partial charge in [0, 0.05) is 14.9 Å². The smallest absolute Gasteiger partial charge is 0.268 e. The number of thiazole rings is 1. The Bertz CT molecular complexity index is 1100. The monoisotopic (exact) mass is 481 g/mol. The Hall–Kier alpha value is -2.95. The lowest BCUT2D eigenvalue weighted by Crippen LogP contribution is -2.13. The number of aromatic nitrogens is 1. The Morgan fingerprint density at radius 2 is 1.93 bits per heavy atom. The second kappa shape index (κ2) is 10.2. The fourth-order valence-electron chi connectivity index (χ4n) is 2.69. The number of anilines is 1. The molecule has 1 aromatic heterocycles. The molecular weight excluding hydrogens is 462 g/mol. The van der Waals surface area contributed by atoms with E-state index in [0.717, 1.165) is 38.3 Å². The number of rotatable bonds is 7. The maximum absolute atomic E-state index is 12.6. The molecule has 1 N–H and O–H groups in total. The molecule has 30 heavy (non-hydrogen) atoms. The first-order chi connectivity index (χ1) is 14.5. The fourth-order valence-corrected chi connectivity index (χ4v) is 3.78. The summed E-state index contributed by atoms with van der Waals surface area (Å²) in [5, 5.41) is 12.6. The van der Waals surface area contributed by atoms with Crippen molar-refractivity contribution in [1.82, 2.24) is 4.98 Å². The fraction of sp³-hybridized carbons (Fsp3) is 0.174. The van der Waals surface area contributed by atoms with Gasteiger partial charge in [-0.3, -0.25) is 10.1 Å². The van der Waals surface area contributed by atoms with Gasteiger partial charge in [-0.25, -0.2) is 4.98 Å². The Labute approximate surface area is 188 Å². The van der Waals surface area contributed by atoms with E-state index >= 15 is 0 Å². The maximum Gasteiger partial charge on any atom is 0.268 e. The highest BCUT2D eigenvalue weighted by molar-refractivity contribution is 9.10. The average molecular weight is 482 g/mol. The number of hydrogen-bond acceptors (Lipinski definition) is 5. The SMILES string of the molecule is CCCOc1ccc(/C=C(\C#N)C(=O)Nc2nc(-c3ccc(Br)cc3)c(C)s2)cc1. The van der Waals surface area contributed by atoms with Crippen LogP contribution in [-0.4, -0.2) is 17.5 Å². The summed E-state index contributed by atoms with van der Waals surface area (Å²) in [5.74, 6) is 0.274. The summed E-state index contributed by atoms with van der Waals surface area (Å²) in [7, 11) is 0. The van der Waals surface area contributed by atoms with Crippen molar-refractivity contribution in [3.63, 3.8) is 0 Å². The van der Waals surface area contributed by atoms with Crippen LogP contribution in [-0.2, 0) is 4.79 Å². The van der Waals surface area contributed by atoms with Crippen LogP contribution in [0.4, 0.5) is 5.13 Å². The molecule has 3 rings (SSSR count). The lowest BCUT2D eigenvalue weighted by atomic mass is 10.1. The van der Waals surface area contributed by atoms with Crippen LogP contribution in [0.5, 0.6) is 5.75 Å². The van der Waals surface area contributed by atoms with Crippen LogP contribution in [0.2, 0.25) is 0 Å². The molecule has 0 saturated carbocycles. The zero-order chi connectivity index (χ0) is 21.5. The van der Waals surface area contributed by atoms with Crippen LogP contribution in [0.15, 0.2) is 58.6 Å². The van der Waals surface area contributed by atoms with Crippen LogP contribution in [0.25, 0.3) is 17.3 Å². The molecule has 0 aliphatic heterocycles. The van der Waals surface area contributed by atoms with Gasteiger partial charge in [0.05, 0.1) is 12.3 Å². The van der Waals surface area contributed by atoms with Gasteiger partial charge in [0.15, 0.2) is 5.13 Å². The summed E-state index contributed by atoms with van der Waals surface area (Å²) in [5.41, 5.74) is 2.54. The van der Waals surface area contributed by atoms with E-state index in [1.807, 2.05) is 68.4 Å². The second-order valence-electron chi connectivity index (χ2n) is 6.47. The van der Waals surface area contributed by atoms with E-state index in [2.05, 4.69) is 26.2 Å².